The van der Waals surface area contributed by atoms with Gasteiger partial charge in [-0.1, -0.05) is 18.2 Å². The van der Waals surface area contributed by atoms with Crippen molar-refractivity contribution in [1.82, 2.24) is 0 Å². The molecular formula is C13H12O5S2. The van der Waals surface area contributed by atoms with Gasteiger partial charge in [-0.2, -0.15) is 0 Å². The first-order valence-electron chi connectivity index (χ1n) is 5.60. The quantitative estimate of drug-likeness (QED) is 0.880. The zero-order valence-corrected chi connectivity index (χ0v) is 12.4. The SMILES string of the molecule is COC(=O)c1sc(S(=O)(=O)c2ccccc2)c(C)c1O. The number of rotatable bonds is 3. The van der Waals surface area contributed by atoms with Gasteiger partial charge in [0.05, 0.1) is 12.0 Å². The number of carbonyl (C=O) groups is 1. The van der Waals surface area contributed by atoms with Crippen molar-refractivity contribution in [3.05, 3.63) is 40.8 Å². The van der Waals surface area contributed by atoms with Gasteiger partial charge in [0.15, 0.2) is 4.88 Å². The van der Waals surface area contributed by atoms with Gasteiger partial charge in [-0.25, -0.2) is 13.2 Å². The van der Waals surface area contributed by atoms with Crippen LogP contribution < -0.4 is 0 Å². The number of thiophene rings is 1. The largest absolute Gasteiger partial charge is 0.506 e. The van der Waals surface area contributed by atoms with E-state index in [1.165, 1.54) is 26.2 Å². The topological polar surface area (TPSA) is 80.7 Å². The van der Waals surface area contributed by atoms with E-state index in [0.717, 1.165) is 0 Å². The lowest BCUT2D eigenvalue weighted by Crippen LogP contribution is -2.00. The Morgan fingerprint density at radius 2 is 1.85 bits per heavy atom. The highest BCUT2D eigenvalue weighted by atomic mass is 32.2. The molecule has 0 aliphatic rings. The number of carbonyl (C=O) groups excluding carboxylic acids is 1. The fourth-order valence-corrected chi connectivity index (χ4v) is 4.74. The van der Waals surface area contributed by atoms with Gasteiger partial charge >= 0.3 is 5.97 Å². The minimum atomic E-state index is -3.76. The van der Waals surface area contributed by atoms with Gasteiger partial charge in [0.1, 0.15) is 9.96 Å². The van der Waals surface area contributed by atoms with Crippen LogP contribution in [0.4, 0.5) is 0 Å². The molecule has 2 aromatic rings. The first kappa shape index (κ1) is 14.5. The number of aromatic hydroxyl groups is 1. The molecule has 0 saturated carbocycles. The highest BCUT2D eigenvalue weighted by Gasteiger charge is 2.29. The first-order valence-corrected chi connectivity index (χ1v) is 7.90. The first-order chi connectivity index (χ1) is 9.39. The summed E-state index contributed by atoms with van der Waals surface area (Å²) >= 11 is 0.708. The van der Waals surface area contributed by atoms with Crippen molar-refractivity contribution < 1.29 is 23.1 Å². The summed E-state index contributed by atoms with van der Waals surface area (Å²) in [7, 11) is -2.59. The molecule has 20 heavy (non-hydrogen) atoms. The molecule has 2 rings (SSSR count). The minimum Gasteiger partial charge on any atom is -0.506 e. The average molecular weight is 312 g/mol. The number of ether oxygens (including phenoxy) is 1. The summed E-state index contributed by atoms with van der Waals surface area (Å²) in [4.78, 5) is 11.5. The summed E-state index contributed by atoms with van der Waals surface area (Å²) in [5.74, 6) is -1.11. The number of benzene rings is 1. The van der Waals surface area contributed by atoms with E-state index in [2.05, 4.69) is 4.74 Å². The van der Waals surface area contributed by atoms with Crippen LogP contribution in [0.3, 0.4) is 0 Å². The Hall–Kier alpha value is -1.86. The summed E-state index contributed by atoms with van der Waals surface area (Å²) in [6.07, 6.45) is 0. The highest BCUT2D eigenvalue weighted by molar-refractivity contribution is 7.93. The number of hydrogen-bond acceptors (Lipinski definition) is 6. The van der Waals surface area contributed by atoms with Crippen LogP contribution in [-0.4, -0.2) is 26.6 Å². The third kappa shape index (κ3) is 2.30. The maximum atomic E-state index is 12.5. The molecule has 0 unspecified atom stereocenters. The molecule has 1 aromatic heterocycles. The summed E-state index contributed by atoms with van der Waals surface area (Å²) in [6, 6.07) is 7.85. The van der Waals surface area contributed by atoms with Gasteiger partial charge in [0, 0.05) is 5.56 Å². The lowest BCUT2D eigenvalue weighted by Gasteiger charge is -2.02. The van der Waals surface area contributed by atoms with Crippen molar-refractivity contribution in [2.24, 2.45) is 0 Å². The van der Waals surface area contributed by atoms with Gasteiger partial charge in [-0.05, 0) is 19.1 Å². The molecule has 0 spiro atoms. The Kier molecular flexibility index (Phi) is 3.82. The molecule has 7 heteroatoms. The van der Waals surface area contributed by atoms with Crippen LogP contribution in [0.1, 0.15) is 15.2 Å². The molecule has 0 amide bonds. The smallest absolute Gasteiger partial charge is 0.351 e. The Morgan fingerprint density at radius 1 is 1.25 bits per heavy atom. The van der Waals surface area contributed by atoms with E-state index >= 15 is 0 Å². The Balaban J connectivity index is 2.63. The highest BCUT2D eigenvalue weighted by Crippen LogP contribution is 2.39. The molecule has 0 fully saturated rings. The van der Waals surface area contributed by atoms with E-state index in [1.54, 1.807) is 18.2 Å². The molecule has 0 aliphatic carbocycles. The van der Waals surface area contributed by atoms with E-state index in [4.69, 9.17) is 0 Å². The van der Waals surface area contributed by atoms with Crippen LogP contribution in [0.5, 0.6) is 5.75 Å². The zero-order valence-electron chi connectivity index (χ0n) is 10.8. The number of sulfone groups is 1. The van der Waals surface area contributed by atoms with Crippen molar-refractivity contribution in [3.8, 4) is 5.75 Å². The van der Waals surface area contributed by atoms with Crippen molar-refractivity contribution in [1.29, 1.82) is 0 Å². The second-order valence-electron chi connectivity index (χ2n) is 4.00. The third-order valence-electron chi connectivity index (χ3n) is 2.74. The number of methoxy groups -OCH3 is 1. The molecule has 1 N–H and O–H groups in total. The fraction of sp³-hybridized carbons (Fsp3) is 0.154. The Labute approximate surface area is 120 Å². The molecule has 106 valence electrons. The Bertz CT molecular complexity index is 745. The Morgan fingerprint density at radius 3 is 2.40 bits per heavy atom. The zero-order chi connectivity index (χ0) is 14.9. The van der Waals surface area contributed by atoms with Crippen LogP contribution >= 0.6 is 11.3 Å². The predicted octanol–water partition coefficient (Wildman–Crippen LogP) is 2.38. The van der Waals surface area contributed by atoms with Crippen molar-refractivity contribution in [3.63, 3.8) is 0 Å². The molecule has 0 radical (unpaired) electrons. The van der Waals surface area contributed by atoms with Crippen molar-refractivity contribution >= 4 is 27.1 Å². The number of hydrogen-bond donors (Lipinski definition) is 1. The van der Waals surface area contributed by atoms with Gasteiger partial charge in [-0.15, -0.1) is 11.3 Å². The van der Waals surface area contributed by atoms with E-state index in [-0.39, 0.29) is 25.3 Å². The lowest BCUT2D eigenvalue weighted by atomic mass is 10.3. The lowest BCUT2D eigenvalue weighted by molar-refractivity contribution is 0.0603. The van der Waals surface area contributed by atoms with E-state index in [9.17, 15) is 18.3 Å². The van der Waals surface area contributed by atoms with Crippen LogP contribution in [0.25, 0.3) is 0 Å². The van der Waals surface area contributed by atoms with Crippen LogP contribution in [0.2, 0.25) is 0 Å². The monoisotopic (exact) mass is 312 g/mol. The van der Waals surface area contributed by atoms with Crippen molar-refractivity contribution in [2.75, 3.05) is 7.11 Å². The second-order valence-corrected chi connectivity index (χ2v) is 7.17. The van der Waals surface area contributed by atoms with E-state index in [1.807, 2.05) is 0 Å². The summed E-state index contributed by atoms with van der Waals surface area (Å²) in [5.41, 5.74) is 0.152. The maximum Gasteiger partial charge on any atom is 0.351 e. The average Bonchev–Trinajstić information content (AvgIpc) is 2.76. The van der Waals surface area contributed by atoms with Crippen LogP contribution in [0, 0.1) is 6.92 Å². The predicted molar refractivity (Wildman–Crippen MR) is 74.0 cm³/mol. The molecule has 0 atom stereocenters. The molecule has 5 nitrogen and oxygen atoms in total. The molecular weight excluding hydrogens is 300 g/mol. The van der Waals surface area contributed by atoms with Crippen molar-refractivity contribution in [2.45, 2.75) is 16.0 Å². The van der Waals surface area contributed by atoms with Gasteiger partial charge < -0.3 is 9.84 Å². The van der Waals surface area contributed by atoms with Gasteiger partial charge in [0.25, 0.3) is 0 Å². The molecule has 1 heterocycles. The van der Waals surface area contributed by atoms with Crippen LogP contribution in [-0.2, 0) is 14.6 Å². The second kappa shape index (κ2) is 5.26. The summed E-state index contributed by atoms with van der Waals surface area (Å²) in [5, 5.41) is 9.88. The van der Waals surface area contributed by atoms with Gasteiger partial charge in [-0.3, -0.25) is 0 Å². The fourth-order valence-electron chi connectivity index (χ4n) is 1.68. The normalized spacial score (nSPS) is 11.3. The molecule has 1 aromatic carbocycles. The minimum absolute atomic E-state index is 0.0541. The molecule has 0 aliphatic heterocycles. The van der Waals surface area contributed by atoms with Crippen LogP contribution in [0.15, 0.2) is 39.4 Å². The summed E-state index contributed by atoms with van der Waals surface area (Å²) in [6.45, 7) is 1.45. The third-order valence-corrected chi connectivity index (χ3v) is 6.39. The maximum absolute atomic E-state index is 12.5. The summed E-state index contributed by atoms with van der Waals surface area (Å²) < 4.78 is 29.4. The van der Waals surface area contributed by atoms with E-state index in [0.29, 0.717) is 11.3 Å². The van der Waals surface area contributed by atoms with E-state index < -0.39 is 15.8 Å². The standard InChI is InChI=1S/C13H12O5S2/c1-8-10(14)11(12(15)18-2)19-13(8)20(16,17)9-6-4-3-5-7-9/h3-7,14H,1-2H3. The molecule has 0 saturated heterocycles. The number of esters is 1. The molecule has 0 bridgehead atoms. The van der Waals surface area contributed by atoms with Gasteiger partial charge in [0.2, 0.25) is 9.84 Å².